The summed E-state index contributed by atoms with van der Waals surface area (Å²) in [5.74, 6) is 3.34. The SMILES string of the molecule is Cc1c(C)c2c(c(C)c1OC(=O)[C@H](Cc1ccccc1)NC(=O)OCc1ccccc1)CC[C@@](C)(CCC[C@H](C)CCC[C@H](C)CCCC(C)C)O2. The van der Waals surface area contributed by atoms with Gasteiger partial charge in [0.25, 0.3) is 0 Å². The van der Waals surface area contributed by atoms with Crippen molar-refractivity contribution >= 4 is 12.1 Å². The number of amides is 1. The third-order valence-electron chi connectivity index (χ3n) is 11.1. The predicted molar refractivity (Wildman–Crippen MR) is 212 cm³/mol. The van der Waals surface area contributed by atoms with Crippen LogP contribution in [-0.2, 0) is 29.0 Å². The number of alkyl carbamates (subject to hydrolysis) is 1. The molecule has 0 radical (unpaired) electrons. The Morgan fingerprint density at radius 2 is 1.35 bits per heavy atom. The second kappa shape index (κ2) is 19.9. The van der Waals surface area contributed by atoms with Crippen molar-refractivity contribution in [2.24, 2.45) is 17.8 Å². The van der Waals surface area contributed by atoms with Crippen molar-refractivity contribution in [2.45, 2.75) is 151 Å². The van der Waals surface area contributed by atoms with Crippen molar-refractivity contribution < 1.29 is 23.8 Å². The topological polar surface area (TPSA) is 73.9 Å². The van der Waals surface area contributed by atoms with E-state index >= 15 is 0 Å². The van der Waals surface area contributed by atoms with Crippen LogP contribution in [0, 0.1) is 38.5 Å². The lowest BCUT2D eigenvalue weighted by atomic mass is 9.83. The molecule has 4 atom stereocenters. The van der Waals surface area contributed by atoms with Crippen molar-refractivity contribution in [3.63, 3.8) is 0 Å². The number of fused-ring (bicyclic) bond motifs is 1. The molecule has 0 aromatic heterocycles. The van der Waals surface area contributed by atoms with Gasteiger partial charge in [-0.15, -0.1) is 0 Å². The van der Waals surface area contributed by atoms with E-state index in [0.29, 0.717) is 5.75 Å². The second-order valence-corrected chi connectivity index (χ2v) is 16.3. The lowest BCUT2D eigenvalue weighted by molar-refractivity contribution is -0.136. The Labute approximate surface area is 314 Å². The van der Waals surface area contributed by atoms with Crippen LogP contribution in [0.25, 0.3) is 0 Å². The van der Waals surface area contributed by atoms with E-state index in [2.05, 4.69) is 46.9 Å². The van der Waals surface area contributed by atoms with Gasteiger partial charge in [0.05, 0.1) is 0 Å². The fourth-order valence-electron chi connectivity index (χ4n) is 7.53. The fraction of sp³-hybridized carbons (Fsp3) is 0.565. The molecule has 0 spiro atoms. The first kappa shape index (κ1) is 41.0. The molecule has 3 aromatic rings. The number of hydrogen-bond acceptors (Lipinski definition) is 5. The van der Waals surface area contributed by atoms with E-state index in [4.69, 9.17) is 14.2 Å². The van der Waals surface area contributed by atoms with Gasteiger partial charge < -0.3 is 19.5 Å². The van der Waals surface area contributed by atoms with Gasteiger partial charge >= 0.3 is 12.1 Å². The minimum absolute atomic E-state index is 0.109. The third kappa shape index (κ3) is 12.4. The molecule has 0 unspecified atom stereocenters. The van der Waals surface area contributed by atoms with Crippen molar-refractivity contribution in [1.82, 2.24) is 5.32 Å². The van der Waals surface area contributed by atoms with Crippen molar-refractivity contribution in [3.8, 4) is 11.5 Å². The van der Waals surface area contributed by atoms with Crippen LogP contribution in [0.4, 0.5) is 4.79 Å². The molecule has 6 nitrogen and oxygen atoms in total. The van der Waals surface area contributed by atoms with Gasteiger partial charge in [-0.1, -0.05) is 133 Å². The number of ether oxygens (including phenoxy) is 3. The first-order valence-electron chi connectivity index (χ1n) is 19.9. The maximum Gasteiger partial charge on any atom is 0.408 e. The minimum atomic E-state index is -0.930. The molecule has 1 amide bonds. The second-order valence-electron chi connectivity index (χ2n) is 16.3. The molecule has 0 saturated carbocycles. The first-order chi connectivity index (χ1) is 24.8. The highest BCUT2D eigenvalue weighted by Gasteiger charge is 2.35. The summed E-state index contributed by atoms with van der Waals surface area (Å²) in [6, 6.07) is 18.2. The Balaban J connectivity index is 1.35. The molecule has 284 valence electrons. The molecule has 1 aliphatic heterocycles. The number of carbonyl (C=O) groups is 2. The van der Waals surface area contributed by atoms with E-state index < -0.39 is 18.1 Å². The van der Waals surface area contributed by atoms with Gasteiger partial charge in [-0.3, -0.25) is 0 Å². The summed E-state index contributed by atoms with van der Waals surface area (Å²) in [5, 5.41) is 2.78. The normalized spacial score (nSPS) is 17.1. The van der Waals surface area contributed by atoms with E-state index in [9.17, 15) is 9.59 Å². The first-order valence-corrected chi connectivity index (χ1v) is 19.9. The van der Waals surface area contributed by atoms with Crippen LogP contribution in [0.3, 0.4) is 0 Å². The molecule has 0 fully saturated rings. The van der Waals surface area contributed by atoms with Crippen LogP contribution in [0.1, 0.15) is 132 Å². The smallest absolute Gasteiger partial charge is 0.408 e. The lowest BCUT2D eigenvalue weighted by Crippen LogP contribution is -2.45. The Morgan fingerprint density at radius 3 is 1.96 bits per heavy atom. The minimum Gasteiger partial charge on any atom is -0.487 e. The lowest BCUT2D eigenvalue weighted by Gasteiger charge is -2.38. The Kier molecular flexibility index (Phi) is 15.7. The van der Waals surface area contributed by atoms with Crippen molar-refractivity contribution in [3.05, 3.63) is 94.0 Å². The summed E-state index contributed by atoms with van der Waals surface area (Å²) < 4.78 is 18.5. The predicted octanol–water partition coefficient (Wildman–Crippen LogP) is 11.6. The number of rotatable bonds is 19. The van der Waals surface area contributed by atoms with E-state index in [1.807, 2.05) is 74.5 Å². The van der Waals surface area contributed by atoms with Gasteiger partial charge in [0.1, 0.15) is 29.7 Å². The average molecular weight is 712 g/mol. The van der Waals surface area contributed by atoms with Gasteiger partial charge in [-0.2, -0.15) is 0 Å². The van der Waals surface area contributed by atoms with Gasteiger partial charge in [0.2, 0.25) is 0 Å². The van der Waals surface area contributed by atoms with Crippen LogP contribution >= 0.6 is 0 Å². The largest absolute Gasteiger partial charge is 0.487 e. The summed E-state index contributed by atoms with van der Waals surface area (Å²) in [6.45, 7) is 17.9. The number of carbonyl (C=O) groups excluding carboxylic acids is 2. The zero-order chi connectivity index (χ0) is 37.7. The highest BCUT2D eigenvalue weighted by Crippen LogP contribution is 2.45. The summed E-state index contributed by atoms with van der Waals surface area (Å²) in [4.78, 5) is 26.7. The summed E-state index contributed by atoms with van der Waals surface area (Å²) >= 11 is 0. The van der Waals surface area contributed by atoms with E-state index in [0.717, 1.165) is 82.6 Å². The number of benzene rings is 3. The number of esters is 1. The van der Waals surface area contributed by atoms with Gasteiger partial charge in [0, 0.05) is 12.0 Å². The van der Waals surface area contributed by atoms with Crippen molar-refractivity contribution in [2.75, 3.05) is 0 Å². The Bertz CT molecular complexity index is 1570. The summed E-state index contributed by atoms with van der Waals surface area (Å²) in [5.41, 5.74) is 5.47. The quantitative estimate of drug-likeness (QED) is 0.0990. The maximum atomic E-state index is 13.8. The molecule has 0 aliphatic carbocycles. The zero-order valence-corrected chi connectivity index (χ0v) is 33.3. The number of hydrogen-bond donors (Lipinski definition) is 1. The molecule has 1 heterocycles. The van der Waals surface area contributed by atoms with Crippen molar-refractivity contribution in [1.29, 1.82) is 0 Å². The Hall–Kier alpha value is -3.80. The highest BCUT2D eigenvalue weighted by molar-refractivity contribution is 5.84. The molecule has 0 saturated heterocycles. The molecule has 4 rings (SSSR count). The third-order valence-corrected chi connectivity index (χ3v) is 11.1. The molecule has 6 heteroatoms. The molecule has 0 bridgehead atoms. The Morgan fingerprint density at radius 1 is 0.769 bits per heavy atom. The molecular formula is C46H65NO5. The van der Waals surface area contributed by atoms with Crippen LogP contribution < -0.4 is 14.8 Å². The molecule has 1 N–H and O–H groups in total. The van der Waals surface area contributed by atoms with Crippen LogP contribution in [-0.4, -0.2) is 23.7 Å². The average Bonchev–Trinajstić information content (AvgIpc) is 3.12. The molecule has 1 aliphatic rings. The van der Waals surface area contributed by atoms with E-state index in [1.54, 1.807) is 0 Å². The van der Waals surface area contributed by atoms with E-state index in [1.165, 1.54) is 44.9 Å². The zero-order valence-electron chi connectivity index (χ0n) is 33.3. The molecular weight excluding hydrogens is 647 g/mol. The maximum absolute atomic E-state index is 13.8. The fourth-order valence-corrected chi connectivity index (χ4v) is 7.53. The summed E-state index contributed by atoms with van der Waals surface area (Å²) in [7, 11) is 0. The van der Waals surface area contributed by atoms with E-state index in [-0.39, 0.29) is 18.6 Å². The van der Waals surface area contributed by atoms with Crippen LogP contribution in [0.15, 0.2) is 60.7 Å². The highest BCUT2D eigenvalue weighted by atomic mass is 16.6. The molecule has 3 aromatic carbocycles. The molecule has 52 heavy (non-hydrogen) atoms. The van der Waals surface area contributed by atoms with Gasteiger partial charge in [0.15, 0.2) is 0 Å². The van der Waals surface area contributed by atoms with Gasteiger partial charge in [-0.25, -0.2) is 9.59 Å². The monoisotopic (exact) mass is 711 g/mol. The standard InChI is InChI=1S/C46H65NO5/c1-32(2)18-15-19-33(3)20-16-21-34(4)22-17-28-46(8)29-27-40-37(7)42(35(5)36(6)43(40)52-46)51-44(48)41(30-38-23-11-9-12-24-38)47-45(49)50-31-39-25-13-10-14-26-39/h9-14,23-26,32-34,41H,15-22,27-31H2,1-8H3,(H,47,49)/t33-,34-,41+,46-/m1/s1. The van der Waals surface area contributed by atoms with Gasteiger partial charge in [-0.05, 0) is 98.9 Å². The van der Waals surface area contributed by atoms with Crippen LogP contribution in [0.2, 0.25) is 0 Å². The number of nitrogens with one attached hydrogen (secondary N) is 1. The van der Waals surface area contributed by atoms with Crippen LogP contribution in [0.5, 0.6) is 11.5 Å². The summed E-state index contributed by atoms with van der Waals surface area (Å²) in [6.07, 6.45) is 12.9.